The third-order valence-electron chi connectivity index (χ3n) is 3.60. The van der Waals surface area contributed by atoms with E-state index in [0.717, 1.165) is 12.0 Å². The number of rotatable bonds is 8. The van der Waals surface area contributed by atoms with Crippen molar-refractivity contribution >= 4 is 18.0 Å². The van der Waals surface area contributed by atoms with Crippen LogP contribution < -0.4 is 0 Å². The number of nitrogens with zero attached hydrogens (tertiary/aromatic N) is 1. The van der Waals surface area contributed by atoms with E-state index in [1.807, 2.05) is 37.3 Å². The molecule has 0 radical (unpaired) electrons. The van der Waals surface area contributed by atoms with Crippen LogP contribution in [0.25, 0.3) is 6.08 Å². The van der Waals surface area contributed by atoms with Crippen LogP contribution in [0.3, 0.4) is 0 Å². The summed E-state index contributed by atoms with van der Waals surface area (Å²) in [5, 5.41) is 0. The monoisotopic (exact) mass is 317 g/mol. The van der Waals surface area contributed by atoms with Crippen LogP contribution >= 0.6 is 0 Å². The van der Waals surface area contributed by atoms with E-state index in [1.54, 1.807) is 11.0 Å². The molecule has 0 aliphatic carbocycles. The highest BCUT2D eigenvalue weighted by Gasteiger charge is 2.13. The molecule has 126 valence electrons. The van der Waals surface area contributed by atoms with Gasteiger partial charge in [0.1, 0.15) is 0 Å². The molecular formula is C19H27NO3. The van der Waals surface area contributed by atoms with Crippen LogP contribution in [0.2, 0.25) is 0 Å². The van der Waals surface area contributed by atoms with Gasteiger partial charge in [0.2, 0.25) is 5.91 Å². The second-order valence-corrected chi connectivity index (χ2v) is 6.08. The summed E-state index contributed by atoms with van der Waals surface area (Å²) in [7, 11) is 1.36. The maximum Gasteiger partial charge on any atom is 0.307 e. The molecule has 1 aromatic rings. The minimum atomic E-state index is -0.296. The van der Waals surface area contributed by atoms with Crippen molar-refractivity contribution < 1.29 is 14.3 Å². The first-order chi connectivity index (χ1) is 10.9. The second-order valence-electron chi connectivity index (χ2n) is 6.08. The molecule has 0 aliphatic heterocycles. The Labute approximate surface area is 139 Å². The number of amides is 1. The molecule has 0 fully saturated rings. The number of hydrogen-bond acceptors (Lipinski definition) is 3. The predicted molar refractivity (Wildman–Crippen MR) is 92.9 cm³/mol. The minimum Gasteiger partial charge on any atom is -0.469 e. The highest BCUT2D eigenvalue weighted by Crippen LogP contribution is 2.08. The van der Waals surface area contributed by atoms with Crippen molar-refractivity contribution in [2.45, 2.75) is 33.6 Å². The maximum absolute atomic E-state index is 12.4. The summed E-state index contributed by atoms with van der Waals surface area (Å²) in [6, 6.07) is 7.98. The molecule has 0 bridgehead atoms. The van der Waals surface area contributed by atoms with Gasteiger partial charge in [0.25, 0.3) is 0 Å². The number of ether oxygens (including phenoxy) is 1. The third-order valence-corrected chi connectivity index (χ3v) is 3.60. The van der Waals surface area contributed by atoms with Crippen LogP contribution in [0, 0.1) is 12.8 Å². The Morgan fingerprint density at radius 3 is 2.39 bits per heavy atom. The largest absolute Gasteiger partial charge is 0.469 e. The normalized spacial score (nSPS) is 11.0. The van der Waals surface area contributed by atoms with Gasteiger partial charge in [-0.25, -0.2) is 0 Å². The number of methoxy groups -OCH3 is 1. The van der Waals surface area contributed by atoms with E-state index in [9.17, 15) is 9.59 Å². The Balaban J connectivity index is 2.68. The SMILES string of the molecule is COC(=O)CCN(CCC(C)C)C(=O)/C=C/c1ccc(C)cc1. The molecule has 0 spiro atoms. The van der Waals surface area contributed by atoms with Gasteiger partial charge in [-0.05, 0) is 30.9 Å². The lowest BCUT2D eigenvalue weighted by Gasteiger charge is -2.21. The zero-order valence-electron chi connectivity index (χ0n) is 14.5. The van der Waals surface area contributed by atoms with Crippen molar-refractivity contribution in [1.82, 2.24) is 4.90 Å². The summed E-state index contributed by atoms with van der Waals surface area (Å²) in [5.74, 6) is 0.134. The molecule has 0 aromatic heterocycles. The second kappa shape index (κ2) is 9.82. The summed E-state index contributed by atoms with van der Waals surface area (Å²) in [5.41, 5.74) is 2.17. The Kier molecular flexibility index (Phi) is 8.09. The number of hydrogen-bond donors (Lipinski definition) is 0. The van der Waals surface area contributed by atoms with Gasteiger partial charge < -0.3 is 9.64 Å². The first kappa shape index (κ1) is 18.9. The standard InChI is InChI=1S/C19H27NO3/c1-15(2)11-13-20(14-12-19(22)23-4)18(21)10-9-17-7-5-16(3)6-8-17/h5-10,15H,11-14H2,1-4H3/b10-9+. The fourth-order valence-corrected chi connectivity index (χ4v) is 2.03. The lowest BCUT2D eigenvalue weighted by molar-refractivity contribution is -0.141. The quantitative estimate of drug-likeness (QED) is 0.545. The van der Waals surface area contributed by atoms with Gasteiger partial charge in [-0.1, -0.05) is 43.7 Å². The van der Waals surface area contributed by atoms with Gasteiger partial charge in [0.15, 0.2) is 0 Å². The number of esters is 1. The van der Waals surface area contributed by atoms with E-state index in [-0.39, 0.29) is 18.3 Å². The van der Waals surface area contributed by atoms with Gasteiger partial charge in [-0.2, -0.15) is 0 Å². The Hall–Kier alpha value is -2.10. The Morgan fingerprint density at radius 1 is 1.17 bits per heavy atom. The van der Waals surface area contributed by atoms with E-state index in [1.165, 1.54) is 12.7 Å². The maximum atomic E-state index is 12.4. The van der Waals surface area contributed by atoms with Gasteiger partial charge in [0.05, 0.1) is 13.5 Å². The average Bonchev–Trinajstić information content (AvgIpc) is 2.53. The van der Waals surface area contributed by atoms with Gasteiger partial charge in [-0.15, -0.1) is 0 Å². The van der Waals surface area contributed by atoms with Gasteiger partial charge in [0, 0.05) is 19.2 Å². The summed E-state index contributed by atoms with van der Waals surface area (Å²) in [6.45, 7) is 7.29. The van der Waals surface area contributed by atoms with Crippen LogP contribution in [-0.2, 0) is 14.3 Å². The molecule has 23 heavy (non-hydrogen) atoms. The van der Waals surface area contributed by atoms with Crippen LogP contribution in [0.1, 0.15) is 37.8 Å². The molecular weight excluding hydrogens is 290 g/mol. The average molecular weight is 317 g/mol. The highest BCUT2D eigenvalue weighted by atomic mass is 16.5. The van der Waals surface area contributed by atoms with E-state index in [0.29, 0.717) is 19.0 Å². The number of benzene rings is 1. The first-order valence-corrected chi connectivity index (χ1v) is 8.03. The molecule has 1 amide bonds. The number of carbonyl (C=O) groups excluding carboxylic acids is 2. The zero-order valence-corrected chi connectivity index (χ0v) is 14.5. The summed E-state index contributed by atoms with van der Waals surface area (Å²) in [4.78, 5) is 25.4. The van der Waals surface area contributed by atoms with Crippen molar-refractivity contribution in [3.05, 3.63) is 41.5 Å². The molecule has 1 aromatic carbocycles. The van der Waals surface area contributed by atoms with Crippen molar-refractivity contribution in [1.29, 1.82) is 0 Å². The van der Waals surface area contributed by atoms with E-state index in [4.69, 9.17) is 0 Å². The molecule has 0 unspecified atom stereocenters. The van der Waals surface area contributed by atoms with Crippen molar-refractivity contribution in [2.24, 2.45) is 5.92 Å². The number of aryl methyl sites for hydroxylation is 1. The Bertz CT molecular complexity index is 532. The minimum absolute atomic E-state index is 0.0740. The first-order valence-electron chi connectivity index (χ1n) is 8.03. The van der Waals surface area contributed by atoms with Crippen LogP contribution in [0.4, 0.5) is 0 Å². The highest BCUT2D eigenvalue weighted by molar-refractivity contribution is 5.92. The van der Waals surface area contributed by atoms with Crippen LogP contribution in [-0.4, -0.2) is 37.0 Å². The smallest absolute Gasteiger partial charge is 0.307 e. The fourth-order valence-electron chi connectivity index (χ4n) is 2.03. The predicted octanol–water partition coefficient (Wildman–Crippen LogP) is 3.45. The summed E-state index contributed by atoms with van der Waals surface area (Å²) >= 11 is 0. The van der Waals surface area contributed by atoms with Gasteiger partial charge >= 0.3 is 5.97 Å². The molecule has 4 heteroatoms. The molecule has 0 N–H and O–H groups in total. The zero-order chi connectivity index (χ0) is 17.2. The molecule has 0 saturated carbocycles. The summed E-state index contributed by atoms with van der Waals surface area (Å²) < 4.78 is 4.65. The summed E-state index contributed by atoms with van der Waals surface area (Å²) in [6.07, 6.45) is 4.51. The lowest BCUT2D eigenvalue weighted by atomic mass is 10.1. The molecule has 4 nitrogen and oxygen atoms in total. The molecule has 1 rings (SSSR count). The molecule has 0 saturated heterocycles. The topological polar surface area (TPSA) is 46.6 Å². The van der Waals surface area contributed by atoms with Crippen molar-refractivity contribution in [3.8, 4) is 0 Å². The van der Waals surface area contributed by atoms with Crippen LogP contribution in [0.15, 0.2) is 30.3 Å². The Morgan fingerprint density at radius 2 is 1.83 bits per heavy atom. The van der Waals surface area contributed by atoms with E-state index < -0.39 is 0 Å². The molecule has 0 aliphatic rings. The van der Waals surface area contributed by atoms with E-state index >= 15 is 0 Å². The van der Waals surface area contributed by atoms with Crippen molar-refractivity contribution in [2.75, 3.05) is 20.2 Å². The van der Waals surface area contributed by atoms with Crippen LogP contribution in [0.5, 0.6) is 0 Å². The molecule has 0 atom stereocenters. The number of carbonyl (C=O) groups is 2. The van der Waals surface area contributed by atoms with Crippen molar-refractivity contribution in [3.63, 3.8) is 0 Å². The third kappa shape index (κ3) is 7.63. The molecule has 0 heterocycles. The fraction of sp³-hybridized carbons (Fsp3) is 0.474. The lowest BCUT2D eigenvalue weighted by Crippen LogP contribution is -2.33. The van der Waals surface area contributed by atoms with E-state index in [2.05, 4.69) is 18.6 Å². The van der Waals surface area contributed by atoms with Gasteiger partial charge in [-0.3, -0.25) is 9.59 Å².